The van der Waals surface area contributed by atoms with Gasteiger partial charge in [-0.3, -0.25) is 0 Å². The standard InChI is InChI=1S/C13H27/c1-7-8-9-10-13(5,6)11-12(2,3)4/h11H,7-10H2,1-6H3. The third kappa shape index (κ3) is 8.33. The third-order valence-electron chi connectivity index (χ3n) is 2.25. The van der Waals surface area contributed by atoms with E-state index in [9.17, 15) is 0 Å². The van der Waals surface area contributed by atoms with Crippen molar-refractivity contribution in [3.8, 4) is 0 Å². The second-order valence-electron chi connectivity index (χ2n) is 5.96. The largest absolute Gasteiger partial charge is 0.0654 e. The zero-order valence-corrected chi connectivity index (χ0v) is 10.4. The number of hydrogen-bond donors (Lipinski definition) is 0. The summed E-state index contributed by atoms with van der Waals surface area (Å²) >= 11 is 0. The van der Waals surface area contributed by atoms with Crippen LogP contribution in [-0.2, 0) is 0 Å². The van der Waals surface area contributed by atoms with Gasteiger partial charge < -0.3 is 0 Å². The molecule has 0 amide bonds. The summed E-state index contributed by atoms with van der Waals surface area (Å²) in [5.41, 5.74) is 0.767. The van der Waals surface area contributed by atoms with Crippen molar-refractivity contribution < 1.29 is 0 Å². The van der Waals surface area contributed by atoms with Gasteiger partial charge in [-0.25, -0.2) is 0 Å². The van der Waals surface area contributed by atoms with Crippen molar-refractivity contribution in [3.05, 3.63) is 6.42 Å². The lowest BCUT2D eigenvalue weighted by molar-refractivity contribution is 0.297. The molecule has 0 unspecified atom stereocenters. The van der Waals surface area contributed by atoms with Crippen LogP contribution in [0.3, 0.4) is 0 Å². The first-order chi connectivity index (χ1) is 5.77. The fraction of sp³-hybridized carbons (Fsp3) is 0.923. The zero-order valence-electron chi connectivity index (χ0n) is 10.4. The van der Waals surface area contributed by atoms with Crippen LogP contribution in [-0.4, -0.2) is 0 Å². The summed E-state index contributed by atoms with van der Waals surface area (Å²) in [4.78, 5) is 0. The molecule has 0 bridgehead atoms. The Kier molecular flexibility index (Phi) is 5.02. The Balaban J connectivity index is 3.80. The van der Waals surface area contributed by atoms with Gasteiger partial charge in [-0.2, -0.15) is 0 Å². The summed E-state index contributed by atoms with van der Waals surface area (Å²) in [6.45, 7) is 13.8. The molecule has 0 aromatic heterocycles. The van der Waals surface area contributed by atoms with Gasteiger partial charge in [0.1, 0.15) is 0 Å². The van der Waals surface area contributed by atoms with E-state index < -0.39 is 0 Å². The van der Waals surface area contributed by atoms with E-state index in [2.05, 4.69) is 48.0 Å². The van der Waals surface area contributed by atoms with E-state index in [1.54, 1.807) is 0 Å². The van der Waals surface area contributed by atoms with Crippen molar-refractivity contribution in [1.82, 2.24) is 0 Å². The average molecular weight is 183 g/mol. The van der Waals surface area contributed by atoms with Gasteiger partial charge in [-0.05, 0) is 23.7 Å². The van der Waals surface area contributed by atoms with Crippen molar-refractivity contribution >= 4 is 0 Å². The molecule has 0 heterocycles. The fourth-order valence-corrected chi connectivity index (χ4v) is 2.07. The topological polar surface area (TPSA) is 0 Å². The van der Waals surface area contributed by atoms with Gasteiger partial charge in [0, 0.05) is 0 Å². The van der Waals surface area contributed by atoms with Gasteiger partial charge >= 0.3 is 0 Å². The highest BCUT2D eigenvalue weighted by molar-refractivity contribution is 4.93. The summed E-state index contributed by atoms with van der Waals surface area (Å²) in [5.74, 6) is 0. The Morgan fingerprint density at radius 3 is 1.85 bits per heavy atom. The van der Waals surface area contributed by atoms with E-state index in [1.165, 1.54) is 25.7 Å². The van der Waals surface area contributed by atoms with Crippen molar-refractivity contribution in [3.63, 3.8) is 0 Å². The van der Waals surface area contributed by atoms with Crippen LogP contribution in [0.2, 0.25) is 0 Å². The molecule has 0 heteroatoms. The Bertz CT molecular complexity index is 125. The average Bonchev–Trinajstić information content (AvgIpc) is 1.81. The van der Waals surface area contributed by atoms with Crippen molar-refractivity contribution in [2.45, 2.75) is 67.2 Å². The summed E-state index contributed by atoms with van der Waals surface area (Å²) in [6, 6.07) is 0. The van der Waals surface area contributed by atoms with E-state index in [0.717, 1.165) is 0 Å². The van der Waals surface area contributed by atoms with Gasteiger partial charge in [0.15, 0.2) is 0 Å². The molecule has 0 aliphatic heterocycles. The van der Waals surface area contributed by atoms with Crippen molar-refractivity contribution in [2.75, 3.05) is 0 Å². The van der Waals surface area contributed by atoms with Gasteiger partial charge in [0.25, 0.3) is 0 Å². The first-order valence-corrected chi connectivity index (χ1v) is 5.64. The van der Waals surface area contributed by atoms with Crippen LogP contribution in [0.4, 0.5) is 0 Å². The minimum absolute atomic E-state index is 0.357. The lowest BCUT2D eigenvalue weighted by Gasteiger charge is -2.32. The fourth-order valence-electron chi connectivity index (χ4n) is 2.07. The second-order valence-corrected chi connectivity index (χ2v) is 5.96. The van der Waals surface area contributed by atoms with E-state index in [0.29, 0.717) is 10.8 Å². The molecule has 0 saturated carbocycles. The first kappa shape index (κ1) is 13.0. The minimum atomic E-state index is 0.357. The zero-order chi connectivity index (χ0) is 10.5. The van der Waals surface area contributed by atoms with Gasteiger partial charge in [-0.15, -0.1) is 0 Å². The normalized spacial score (nSPS) is 13.4. The minimum Gasteiger partial charge on any atom is -0.0654 e. The maximum atomic E-state index is 2.50. The van der Waals surface area contributed by atoms with Crippen LogP contribution in [0.1, 0.15) is 67.2 Å². The van der Waals surface area contributed by atoms with Gasteiger partial charge in [0.05, 0.1) is 0 Å². The predicted octanol–water partition coefficient (Wildman–Crippen LogP) is 4.84. The van der Waals surface area contributed by atoms with E-state index in [4.69, 9.17) is 0 Å². The molecule has 0 nitrogen and oxygen atoms in total. The summed E-state index contributed by atoms with van der Waals surface area (Å²) in [7, 11) is 0. The molecule has 13 heavy (non-hydrogen) atoms. The first-order valence-electron chi connectivity index (χ1n) is 5.64. The molecule has 0 saturated heterocycles. The molecule has 0 rings (SSSR count). The maximum Gasteiger partial charge on any atom is -0.0275 e. The SMILES string of the molecule is CCCCCC(C)(C)[CH]C(C)(C)C. The highest BCUT2D eigenvalue weighted by Gasteiger charge is 2.24. The lowest BCUT2D eigenvalue weighted by atomic mass is 9.73. The summed E-state index contributed by atoms with van der Waals surface area (Å²) < 4.78 is 0. The van der Waals surface area contributed by atoms with Crippen LogP contribution in [0.25, 0.3) is 0 Å². The molecule has 0 N–H and O–H groups in total. The molecule has 0 aromatic rings. The summed E-state index contributed by atoms with van der Waals surface area (Å²) in [6.07, 6.45) is 7.90. The predicted molar refractivity (Wildman–Crippen MR) is 61.7 cm³/mol. The van der Waals surface area contributed by atoms with E-state index >= 15 is 0 Å². The van der Waals surface area contributed by atoms with E-state index in [-0.39, 0.29) is 0 Å². The van der Waals surface area contributed by atoms with Gasteiger partial charge in [-0.1, -0.05) is 60.8 Å². The molecule has 0 fully saturated rings. The maximum absolute atomic E-state index is 2.50. The number of hydrogen-bond acceptors (Lipinski definition) is 0. The molecule has 0 atom stereocenters. The highest BCUT2D eigenvalue weighted by Crippen LogP contribution is 2.35. The van der Waals surface area contributed by atoms with Crippen LogP contribution in [0, 0.1) is 17.3 Å². The van der Waals surface area contributed by atoms with E-state index in [1.807, 2.05) is 0 Å². The Hall–Kier alpha value is 0. The molecular weight excluding hydrogens is 156 g/mol. The van der Waals surface area contributed by atoms with Crippen LogP contribution in [0.15, 0.2) is 0 Å². The molecule has 0 aromatic carbocycles. The Morgan fingerprint density at radius 1 is 0.923 bits per heavy atom. The number of unbranched alkanes of at least 4 members (excludes halogenated alkanes) is 2. The van der Waals surface area contributed by atoms with Crippen molar-refractivity contribution in [2.24, 2.45) is 10.8 Å². The van der Waals surface area contributed by atoms with Crippen molar-refractivity contribution in [1.29, 1.82) is 0 Å². The quantitative estimate of drug-likeness (QED) is 0.535. The van der Waals surface area contributed by atoms with Gasteiger partial charge in [0.2, 0.25) is 0 Å². The monoisotopic (exact) mass is 183 g/mol. The number of rotatable bonds is 5. The smallest absolute Gasteiger partial charge is 0.0275 e. The van der Waals surface area contributed by atoms with Crippen LogP contribution < -0.4 is 0 Å². The van der Waals surface area contributed by atoms with Crippen LogP contribution >= 0.6 is 0 Å². The third-order valence-corrected chi connectivity index (χ3v) is 2.25. The molecule has 1 radical (unpaired) electrons. The molecule has 79 valence electrons. The molecular formula is C13H27. The second kappa shape index (κ2) is 5.02. The molecule has 0 aliphatic rings. The lowest BCUT2D eigenvalue weighted by Crippen LogP contribution is -2.21. The molecule has 0 aliphatic carbocycles. The Morgan fingerprint density at radius 2 is 1.46 bits per heavy atom. The molecule has 0 spiro atoms. The van der Waals surface area contributed by atoms with Crippen LogP contribution in [0.5, 0.6) is 0 Å². The highest BCUT2D eigenvalue weighted by atomic mass is 14.3. The summed E-state index contributed by atoms with van der Waals surface area (Å²) in [5, 5.41) is 0. The Labute approximate surface area is 85.1 Å².